The Morgan fingerprint density at radius 1 is 1.53 bits per heavy atom. The van der Waals surface area contributed by atoms with Crippen molar-refractivity contribution in [2.24, 2.45) is 0 Å². The van der Waals surface area contributed by atoms with Gasteiger partial charge in [-0.1, -0.05) is 0 Å². The van der Waals surface area contributed by atoms with E-state index in [1.54, 1.807) is 13.8 Å². The molecule has 0 heterocycles. The van der Waals surface area contributed by atoms with Gasteiger partial charge < -0.3 is 20.0 Å². The number of carboxylic acids is 1. The van der Waals surface area contributed by atoms with E-state index in [2.05, 4.69) is 10.1 Å². The smallest absolute Gasteiger partial charge is 0.548 e. The van der Waals surface area contributed by atoms with Crippen molar-refractivity contribution in [1.29, 1.82) is 0 Å². The van der Waals surface area contributed by atoms with Gasteiger partial charge in [0.1, 0.15) is 0 Å². The summed E-state index contributed by atoms with van der Waals surface area (Å²) in [5, 5.41) is 12.9. The van der Waals surface area contributed by atoms with Crippen LogP contribution in [-0.2, 0) is 14.3 Å². The molecule has 1 unspecified atom stereocenters. The van der Waals surface area contributed by atoms with E-state index in [0.717, 1.165) is 0 Å². The third kappa shape index (κ3) is 8.47. The first-order valence-corrected chi connectivity index (χ1v) is 4.29. The predicted octanol–water partition coefficient (Wildman–Crippen LogP) is -3.81. The van der Waals surface area contributed by atoms with Crippen LogP contribution >= 0.6 is 0 Å². The maximum Gasteiger partial charge on any atom is 1.00 e. The van der Waals surface area contributed by atoms with E-state index in [9.17, 15) is 14.7 Å². The molecule has 1 N–H and O–H groups in total. The molecule has 6 heteroatoms. The van der Waals surface area contributed by atoms with Crippen LogP contribution < -0.4 is 40.0 Å². The first-order valence-electron chi connectivity index (χ1n) is 4.29. The number of carboxylic acid groups (broad SMARTS) is 1. The summed E-state index contributed by atoms with van der Waals surface area (Å²) in [6.45, 7) is 4.99. The number of ether oxygens (including phenoxy) is 1. The minimum absolute atomic E-state index is 0. The molecule has 0 fully saturated rings. The van der Waals surface area contributed by atoms with Crippen LogP contribution in [0.15, 0.2) is 11.8 Å². The number of carbonyl (C=O) groups excluding carboxylic acids is 2. The average molecular weight is 223 g/mol. The minimum Gasteiger partial charge on any atom is -0.548 e. The Morgan fingerprint density at radius 2 is 2.07 bits per heavy atom. The van der Waals surface area contributed by atoms with Crippen molar-refractivity contribution in [3.63, 3.8) is 0 Å². The first-order chi connectivity index (χ1) is 6.47. The number of carbonyl (C=O) groups is 2. The van der Waals surface area contributed by atoms with Crippen molar-refractivity contribution in [3.05, 3.63) is 11.8 Å². The molecule has 0 aliphatic heterocycles. The molecule has 0 aromatic carbocycles. The number of rotatable bonds is 5. The van der Waals surface area contributed by atoms with Crippen molar-refractivity contribution < 1.29 is 49.0 Å². The Hall–Kier alpha value is -0.520. The standard InChI is InChI=1S/C9H15NO4.Na/c1-4-14-8(11)5-6(2)10-7(3)9(12)13;/h5,7,10H,4H2,1-3H3,(H,12,13);/q;+1/p-1. The van der Waals surface area contributed by atoms with E-state index < -0.39 is 18.0 Å². The van der Waals surface area contributed by atoms with E-state index in [1.807, 2.05) is 0 Å². The van der Waals surface area contributed by atoms with Crippen molar-refractivity contribution in [1.82, 2.24) is 5.32 Å². The van der Waals surface area contributed by atoms with Gasteiger partial charge in [-0.25, -0.2) is 4.79 Å². The second kappa shape index (κ2) is 8.76. The summed E-state index contributed by atoms with van der Waals surface area (Å²) < 4.78 is 4.64. The van der Waals surface area contributed by atoms with Gasteiger partial charge >= 0.3 is 35.5 Å². The topological polar surface area (TPSA) is 78.5 Å². The Kier molecular flexibility index (Phi) is 9.87. The van der Waals surface area contributed by atoms with Crippen LogP contribution in [0.1, 0.15) is 20.8 Å². The summed E-state index contributed by atoms with van der Waals surface area (Å²) in [7, 11) is 0. The van der Waals surface area contributed by atoms with E-state index in [0.29, 0.717) is 12.3 Å². The third-order valence-electron chi connectivity index (χ3n) is 1.42. The molecule has 0 radical (unpaired) electrons. The predicted molar refractivity (Wildman–Crippen MR) is 48.0 cm³/mol. The van der Waals surface area contributed by atoms with Crippen molar-refractivity contribution in [2.75, 3.05) is 6.61 Å². The molecule has 1 atom stereocenters. The molecule has 0 spiro atoms. The summed E-state index contributed by atoms with van der Waals surface area (Å²) in [6, 6.07) is -0.833. The normalized spacial score (nSPS) is 12.3. The fourth-order valence-corrected chi connectivity index (χ4v) is 0.803. The Bertz CT molecular complexity index is 252. The van der Waals surface area contributed by atoms with Gasteiger partial charge in [0.25, 0.3) is 0 Å². The fourth-order valence-electron chi connectivity index (χ4n) is 0.803. The molecule has 0 saturated heterocycles. The Balaban J connectivity index is 0. The molecule has 0 aromatic rings. The van der Waals surface area contributed by atoms with E-state index >= 15 is 0 Å². The van der Waals surface area contributed by atoms with Gasteiger partial charge in [-0.3, -0.25) is 0 Å². The molecule has 0 bridgehead atoms. The molecule has 0 rings (SSSR count). The van der Waals surface area contributed by atoms with E-state index in [1.165, 1.54) is 13.0 Å². The zero-order chi connectivity index (χ0) is 11.1. The van der Waals surface area contributed by atoms with Gasteiger partial charge in [-0.05, 0) is 20.8 Å². The zero-order valence-electron chi connectivity index (χ0n) is 9.49. The summed E-state index contributed by atoms with van der Waals surface area (Å²) >= 11 is 0. The second-order valence-corrected chi connectivity index (χ2v) is 2.76. The number of nitrogens with one attached hydrogen (secondary N) is 1. The Labute approximate surface area is 111 Å². The molecular formula is C9H14NNaO4. The minimum atomic E-state index is -1.22. The van der Waals surface area contributed by atoms with Crippen molar-refractivity contribution >= 4 is 11.9 Å². The molecule has 80 valence electrons. The van der Waals surface area contributed by atoms with Crippen LogP contribution in [0.4, 0.5) is 0 Å². The van der Waals surface area contributed by atoms with Crippen LogP contribution in [0.3, 0.4) is 0 Å². The molecule has 0 saturated carbocycles. The monoisotopic (exact) mass is 223 g/mol. The molecule has 0 aliphatic carbocycles. The van der Waals surface area contributed by atoms with Crippen molar-refractivity contribution in [2.45, 2.75) is 26.8 Å². The van der Waals surface area contributed by atoms with Crippen LogP contribution in [0.25, 0.3) is 0 Å². The Morgan fingerprint density at radius 3 is 2.47 bits per heavy atom. The fraction of sp³-hybridized carbons (Fsp3) is 0.556. The number of allylic oxidation sites excluding steroid dienone is 1. The largest absolute Gasteiger partial charge is 1.00 e. The van der Waals surface area contributed by atoms with E-state index in [-0.39, 0.29) is 29.6 Å². The second-order valence-electron chi connectivity index (χ2n) is 2.76. The quantitative estimate of drug-likeness (QED) is 0.294. The molecule has 5 nitrogen and oxygen atoms in total. The third-order valence-corrected chi connectivity index (χ3v) is 1.42. The molecule has 15 heavy (non-hydrogen) atoms. The molecule has 0 aliphatic rings. The van der Waals surface area contributed by atoms with Crippen molar-refractivity contribution in [3.8, 4) is 0 Å². The number of hydrogen-bond acceptors (Lipinski definition) is 5. The summed E-state index contributed by atoms with van der Waals surface area (Å²) in [5.74, 6) is -1.72. The molecular weight excluding hydrogens is 209 g/mol. The average Bonchev–Trinajstić information content (AvgIpc) is 2.03. The molecule has 0 aromatic heterocycles. The SMILES string of the molecule is CCOC(=O)C=C(C)NC(C)C(=O)[O-].[Na+]. The van der Waals surface area contributed by atoms with Crippen LogP contribution in [-0.4, -0.2) is 24.6 Å². The van der Waals surface area contributed by atoms with Gasteiger partial charge in [0, 0.05) is 11.8 Å². The van der Waals surface area contributed by atoms with Gasteiger partial charge in [0.05, 0.1) is 18.6 Å². The van der Waals surface area contributed by atoms with Gasteiger partial charge in [0.2, 0.25) is 0 Å². The van der Waals surface area contributed by atoms with E-state index in [4.69, 9.17) is 0 Å². The number of esters is 1. The maximum atomic E-state index is 10.9. The van der Waals surface area contributed by atoms with Gasteiger partial charge in [-0.2, -0.15) is 0 Å². The van der Waals surface area contributed by atoms with Crippen LogP contribution in [0, 0.1) is 0 Å². The summed E-state index contributed by atoms with van der Waals surface area (Å²) in [5.41, 5.74) is 0.431. The van der Waals surface area contributed by atoms with Gasteiger partial charge in [0.15, 0.2) is 0 Å². The number of aliphatic carboxylic acids is 1. The summed E-state index contributed by atoms with van der Waals surface area (Å²) in [4.78, 5) is 21.2. The zero-order valence-corrected chi connectivity index (χ0v) is 11.5. The maximum absolute atomic E-state index is 10.9. The van der Waals surface area contributed by atoms with Crippen LogP contribution in [0.5, 0.6) is 0 Å². The summed E-state index contributed by atoms with van der Waals surface area (Å²) in [6.07, 6.45) is 1.20. The molecule has 0 amide bonds. The first kappa shape index (κ1) is 16.9. The van der Waals surface area contributed by atoms with Crippen LogP contribution in [0.2, 0.25) is 0 Å². The number of hydrogen-bond donors (Lipinski definition) is 1. The van der Waals surface area contributed by atoms with Gasteiger partial charge in [-0.15, -0.1) is 0 Å².